The van der Waals surface area contributed by atoms with Crippen LogP contribution in [0.1, 0.15) is 38.2 Å². The number of hydrogen-bond acceptors (Lipinski definition) is 3. The minimum absolute atomic E-state index is 0.00451. The molecule has 3 aliphatic heterocycles. The monoisotopic (exact) mass is 684 g/mol. The van der Waals surface area contributed by atoms with Gasteiger partial charge in [0, 0.05) is 58.5 Å². The predicted molar refractivity (Wildman–Crippen MR) is 209 cm³/mol. The van der Waals surface area contributed by atoms with Crippen LogP contribution >= 0.6 is 0 Å². The summed E-state index contributed by atoms with van der Waals surface area (Å²) in [4.78, 5) is 5.94. The molecule has 13 atom stereocenters. The summed E-state index contributed by atoms with van der Waals surface area (Å²) in [7, 11) is 0. The first-order valence-corrected chi connectivity index (χ1v) is 19.8. The second kappa shape index (κ2) is 11.8. The Morgan fingerprint density at radius 3 is 2.52 bits per heavy atom. The number of nitrogens with zero attached hydrogens (tertiary/aromatic N) is 1. The summed E-state index contributed by atoms with van der Waals surface area (Å²) in [5.41, 5.74) is 6.49. The molecule has 6 aliphatic carbocycles. The molecule has 3 saturated heterocycles. The average molecular weight is 685 g/mol. The summed E-state index contributed by atoms with van der Waals surface area (Å²) in [6, 6.07) is 13.9. The van der Waals surface area contributed by atoms with Gasteiger partial charge in [0.15, 0.2) is 0 Å². The number of anilines is 1. The maximum Gasteiger partial charge on any atom is 0.0844 e. The van der Waals surface area contributed by atoms with Gasteiger partial charge in [0.25, 0.3) is 0 Å². The summed E-state index contributed by atoms with van der Waals surface area (Å²) >= 11 is 0. The van der Waals surface area contributed by atoms with E-state index in [0.717, 1.165) is 19.3 Å². The molecule has 11 rings (SSSR count). The van der Waals surface area contributed by atoms with Crippen molar-refractivity contribution in [3.8, 4) is 0 Å². The second-order valence-electron chi connectivity index (χ2n) is 16.8. The van der Waals surface area contributed by atoms with E-state index in [-0.39, 0.29) is 53.0 Å². The molecule has 2 aromatic rings. The summed E-state index contributed by atoms with van der Waals surface area (Å²) < 4.78 is 14.4. The third-order valence-electron chi connectivity index (χ3n) is 14.3. The van der Waals surface area contributed by atoms with Crippen LogP contribution in [0.2, 0.25) is 0 Å². The van der Waals surface area contributed by atoms with Gasteiger partial charge in [0.05, 0.1) is 36.5 Å². The normalized spacial score (nSPS) is 43.1. The van der Waals surface area contributed by atoms with E-state index < -0.39 is 0 Å². The summed E-state index contributed by atoms with van der Waals surface area (Å²) in [6.07, 6.45) is 50.1. The highest BCUT2D eigenvalue weighted by atomic mass is 16.5. The molecule has 0 bridgehead atoms. The van der Waals surface area contributed by atoms with Crippen LogP contribution in [0.5, 0.6) is 0 Å². The van der Waals surface area contributed by atoms with Crippen LogP contribution < -0.4 is 4.90 Å². The largest absolute Gasteiger partial charge is 0.370 e. The van der Waals surface area contributed by atoms with Gasteiger partial charge < -0.3 is 19.4 Å². The fourth-order valence-corrected chi connectivity index (χ4v) is 12.1. The molecule has 3 fully saturated rings. The molecule has 1 spiro atoms. The SMILES string of the molecule is CC1(C2=CC3C(C=C2)C2C=CC=CC2N3c2ccccc2)C=CC2C(C1)OC1CCCC=C1C21C2C=CC=CC2OC2C=C(c3cc[nH]c3)C=CC21. The Morgan fingerprint density at radius 1 is 0.769 bits per heavy atom. The van der Waals surface area contributed by atoms with E-state index in [1.165, 1.54) is 34.4 Å². The minimum atomic E-state index is -0.127. The zero-order chi connectivity index (χ0) is 34.4. The first kappa shape index (κ1) is 31.2. The van der Waals surface area contributed by atoms with Gasteiger partial charge in [-0.2, -0.15) is 0 Å². The molecule has 262 valence electrons. The average Bonchev–Trinajstić information content (AvgIpc) is 3.85. The predicted octanol–water partition coefficient (Wildman–Crippen LogP) is 9.65. The van der Waals surface area contributed by atoms with Crippen LogP contribution in [0.15, 0.2) is 163 Å². The number of ether oxygens (including phenoxy) is 2. The molecule has 9 aliphatic rings. The van der Waals surface area contributed by atoms with Gasteiger partial charge in [-0.3, -0.25) is 0 Å². The Kier molecular flexibility index (Phi) is 7.08. The molecular weight excluding hydrogens is 637 g/mol. The highest BCUT2D eigenvalue weighted by molar-refractivity contribution is 5.75. The van der Waals surface area contributed by atoms with Crippen molar-refractivity contribution in [2.45, 2.75) is 69.1 Å². The maximum atomic E-state index is 7.38. The van der Waals surface area contributed by atoms with E-state index in [2.05, 4.69) is 163 Å². The van der Waals surface area contributed by atoms with Crippen LogP contribution in [0.3, 0.4) is 0 Å². The van der Waals surface area contributed by atoms with Crippen molar-refractivity contribution in [3.63, 3.8) is 0 Å². The Labute approximate surface area is 308 Å². The number of H-pyrrole nitrogens is 1. The van der Waals surface area contributed by atoms with Crippen LogP contribution in [0.25, 0.3) is 5.57 Å². The molecule has 52 heavy (non-hydrogen) atoms. The molecule has 4 nitrogen and oxygen atoms in total. The van der Waals surface area contributed by atoms with Crippen molar-refractivity contribution in [2.24, 2.45) is 40.4 Å². The van der Waals surface area contributed by atoms with Gasteiger partial charge in [-0.1, -0.05) is 122 Å². The zero-order valence-electron chi connectivity index (χ0n) is 29.9. The topological polar surface area (TPSA) is 37.5 Å². The van der Waals surface area contributed by atoms with Gasteiger partial charge >= 0.3 is 0 Å². The summed E-state index contributed by atoms with van der Waals surface area (Å²) in [6.45, 7) is 2.47. The van der Waals surface area contributed by atoms with Crippen LogP contribution in [0, 0.1) is 40.4 Å². The lowest BCUT2D eigenvalue weighted by Gasteiger charge is -2.64. The zero-order valence-corrected chi connectivity index (χ0v) is 29.9. The molecule has 13 unspecified atom stereocenters. The van der Waals surface area contributed by atoms with E-state index in [9.17, 15) is 0 Å². The number of fused-ring (bicyclic) bond motifs is 11. The maximum absolute atomic E-state index is 7.38. The lowest BCUT2D eigenvalue weighted by atomic mass is 9.45. The Bertz CT molecular complexity index is 2060. The fraction of sp³-hybridized carbons (Fsp3) is 0.375. The van der Waals surface area contributed by atoms with Crippen molar-refractivity contribution in [1.29, 1.82) is 0 Å². The number of benzene rings is 1. The molecule has 0 saturated carbocycles. The van der Waals surface area contributed by atoms with E-state index >= 15 is 0 Å². The van der Waals surface area contributed by atoms with Gasteiger partial charge in [0.1, 0.15) is 0 Å². The molecule has 4 heterocycles. The first-order valence-electron chi connectivity index (χ1n) is 19.8. The van der Waals surface area contributed by atoms with Crippen molar-refractivity contribution < 1.29 is 9.47 Å². The number of hydrogen-bond donors (Lipinski definition) is 1. The van der Waals surface area contributed by atoms with Gasteiger partial charge in [0.2, 0.25) is 0 Å². The first-order chi connectivity index (χ1) is 25.6. The number of allylic oxidation sites excluding steroid dienone is 10. The van der Waals surface area contributed by atoms with E-state index in [1.54, 1.807) is 0 Å². The smallest absolute Gasteiger partial charge is 0.0844 e. The minimum Gasteiger partial charge on any atom is -0.370 e. The number of aromatic amines is 1. The van der Waals surface area contributed by atoms with Crippen molar-refractivity contribution >= 4 is 11.3 Å². The molecule has 0 amide bonds. The van der Waals surface area contributed by atoms with E-state index in [0.29, 0.717) is 23.9 Å². The second-order valence-corrected chi connectivity index (χ2v) is 16.8. The molecule has 0 radical (unpaired) electrons. The molecule has 4 heteroatoms. The van der Waals surface area contributed by atoms with Gasteiger partial charge in [-0.25, -0.2) is 0 Å². The molecule has 1 aromatic heterocycles. The number of para-hydroxylation sites is 1. The van der Waals surface area contributed by atoms with Crippen molar-refractivity contribution in [1.82, 2.24) is 4.98 Å². The van der Waals surface area contributed by atoms with Gasteiger partial charge in [-0.05, 0) is 72.2 Å². The highest BCUT2D eigenvalue weighted by Crippen LogP contribution is 2.66. The summed E-state index contributed by atoms with van der Waals surface area (Å²) in [5, 5.41) is 0. The van der Waals surface area contributed by atoms with E-state index in [4.69, 9.17) is 9.47 Å². The third kappa shape index (κ3) is 4.47. The Morgan fingerprint density at radius 2 is 1.62 bits per heavy atom. The lowest BCUT2D eigenvalue weighted by Crippen LogP contribution is -2.65. The standard InChI is InChI=1S/C48H48N2O2/c1-47(33-20-21-36-35-13-5-8-16-41(35)50(42(36)28-33)34-11-3-2-4-12-34)25-23-40-46(29-47)52-44-18-10-7-15-38(44)48(40)37-14-6-9-17-43(37)51-45-27-31(19-22-39(45)48)32-24-26-49-30-32/h2-6,8-9,11-17,19-28,30,35-37,39-46,49H,7,10,18,29H2,1H3. The number of aromatic nitrogens is 1. The quantitative estimate of drug-likeness (QED) is 0.327. The Hall–Kier alpha value is -4.38. The number of rotatable bonds is 3. The molecular formula is C48H48N2O2. The lowest BCUT2D eigenvalue weighted by molar-refractivity contribution is -0.191. The highest BCUT2D eigenvalue weighted by Gasteiger charge is 2.65. The van der Waals surface area contributed by atoms with Crippen LogP contribution in [0.4, 0.5) is 5.69 Å². The summed E-state index contributed by atoms with van der Waals surface area (Å²) in [5.74, 6) is 1.65. The fourth-order valence-electron chi connectivity index (χ4n) is 12.1. The van der Waals surface area contributed by atoms with Crippen LogP contribution in [-0.2, 0) is 9.47 Å². The van der Waals surface area contributed by atoms with Crippen molar-refractivity contribution in [3.05, 3.63) is 169 Å². The van der Waals surface area contributed by atoms with E-state index in [1.807, 2.05) is 6.20 Å². The molecule has 1 aromatic carbocycles. The Balaban J connectivity index is 1.01. The van der Waals surface area contributed by atoms with Crippen molar-refractivity contribution in [2.75, 3.05) is 4.90 Å². The van der Waals surface area contributed by atoms with Gasteiger partial charge in [-0.15, -0.1) is 0 Å². The number of nitrogens with one attached hydrogen (secondary N) is 1. The third-order valence-corrected chi connectivity index (χ3v) is 14.3. The van der Waals surface area contributed by atoms with Crippen LogP contribution in [-0.4, -0.2) is 41.5 Å². The molecule has 1 N–H and O–H groups in total.